The van der Waals surface area contributed by atoms with Crippen LogP contribution in [0.5, 0.6) is 0 Å². The predicted octanol–water partition coefficient (Wildman–Crippen LogP) is -0.492. The molecule has 0 unspecified atom stereocenters. The van der Waals surface area contributed by atoms with Crippen molar-refractivity contribution in [2.45, 2.75) is 34.0 Å². The van der Waals surface area contributed by atoms with Gasteiger partial charge in [-0.1, -0.05) is 0 Å². The minimum absolute atomic E-state index is 0.127. The van der Waals surface area contributed by atoms with Crippen LogP contribution in [-0.2, 0) is 14.4 Å². The highest BCUT2D eigenvalue weighted by atomic mass is 16.5. The lowest BCUT2D eigenvalue weighted by molar-refractivity contribution is -0.135. The fourth-order valence-electron chi connectivity index (χ4n) is 0.307. The quantitative estimate of drug-likeness (QED) is 0.290. The number of carboxylic acid groups (broad SMARTS) is 3. The normalized spacial score (nSPS) is 8.90. The number of rotatable bonds is 2. The first-order chi connectivity index (χ1) is 8.86. The van der Waals surface area contributed by atoms with E-state index in [1.807, 2.05) is 0 Å². The Labute approximate surface area is 116 Å². The largest absolute Gasteiger partial charge is 0.481 e. The topological polar surface area (TPSA) is 173 Å². The SMILES string of the molecule is CC(=CC(O)O)CO.CC(=O)O.CC(=O)O.CC(=O)O. The summed E-state index contributed by atoms with van der Waals surface area (Å²) in [6, 6.07) is 0. The van der Waals surface area contributed by atoms with Crippen molar-refractivity contribution in [2.75, 3.05) is 6.61 Å². The number of carboxylic acids is 3. The summed E-state index contributed by atoms with van der Waals surface area (Å²) in [5, 5.41) is 47.0. The molecule has 0 radical (unpaired) electrons. The Kier molecular flexibility index (Phi) is 25.7. The van der Waals surface area contributed by atoms with Gasteiger partial charge in [0.2, 0.25) is 0 Å². The molecule has 0 aromatic rings. The van der Waals surface area contributed by atoms with Crippen LogP contribution in [0.4, 0.5) is 0 Å². The van der Waals surface area contributed by atoms with E-state index >= 15 is 0 Å². The Morgan fingerprint density at radius 1 is 0.850 bits per heavy atom. The Bertz CT molecular complexity index is 254. The molecule has 0 fully saturated rings. The van der Waals surface area contributed by atoms with Crippen LogP contribution in [-0.4, -0.2) is 61.4 Å². The van der Waals surface area contributed by atoms with Crippen LogP contribution in [0.2, 0.25) is 0 Å². The lowest BCUT2D eigenvalue weighted by atomic mass is 10.3. The summed E-state index contributed by atoms with van der Waals surface area (Å²) in [7, 11) is 0. The molecule has 120 valence electrons. The van der Waals surface area contributed by atoms with Crippen molar-refractivity contribution < 1.29 is 45.0 Å². The summed E-state index contributed by atoms with van der Waals surface area (Å²) in [6.07, 6.45) is -0.276. The minimum atomic E-state index is -1.44. The third kappa shape index (κ3) is 223. The molecular weight excluding hydrogens is 276 g/mol. The summed E-state index contributed by atoms with van der Waals surface area (Å²) in [6.45, 7) is 4.73. The maximum absolute atomic E-state index is 9.00. The van der Waals surface area contributed by atoms with Gasteiger partial charge in [-0.2, -0.15) is 0 Å². The van der Waals surface area contributed by atoms with E-state index in [-0.39, 0.29) is 6.61 Å². The van der Waals surface area contributed by atoms with Crippen LogP contribution < -0.4 is 0 Å². The molecule has 20 heavy (non-hydrogen) atoms. The van der Waals surface area contributed by atoms with Crippen LogP contribution in [0, 0.1) is 0 Å². The molecule has 0 bridgehead atoms. The van der Waals surface area contributed by atoms with Crippen molar-refractivity contribution in [2.24, 2.45) is 0 Å². The monoisotopic (exact) mass is 298 g/mol. The molecule has 0 spiro atoms. The van der Waals surface area contributed by atoms with Crippen molar-refractivity contribution in [1.29, 1.82) is 0 Å². The molecule has 9 nitrogen and oxygen atoms in total. The zero-order valence-corrected chi connectivity index (χ0v) is 11.8. The molecule has 0 heterocycles. The molecular formula is C11H22O9. The molecule has 0 rings (SSSR count). The lowest BCUT2D eigenvalue weighted by Crippen LogP contribution is -2.00. The van der Waals surface area contributed by atoms with Gasteiger partial charge in [0.15, 0.2) is 6.29 Å². The van der Waals surface area contributed by atoms with E-state index in [0.29, 0.717) is 5.57 Å². The highest BCUT2D eigenvalue weighted by molar-refractivity contribution is 5.63. The van der Waals surface area contributed by atoms with Crippen molar-refractivity contribution >= 4 is 17.9 Å². The van der Waals surface area contributed by atoms with Crippen LogP contribution in [0.25, 0.3) is 0 Å². The molecule has 0 aliphatic heterocycles. The fourth-order valence-corrected chi connectivity index (χ4v) is 0.307. The van der Waals surface area contributed by atoms with E-state index in [0.717, 1.165) is 20.8 Å². The molecule has 0 aliphatic carbocycles. The maximum atomic E-state index is 9.00. The zero-order chi connectivity index (χ0) is 17.3. The zero-order valence-electron chi connectivity index (χ0n) is 11.8. The van der Waals surface area contributed by atoms with Crippen molar-refractivity contribution in [1.82, 2.24) is 0 Å². The molecule has 0 aliphatic rings. The lowest BCUT2D eigenvalue weighted by Gasteiger charge is -1.95. The van der Waals surface area contributed by atoms with Crippen LogP contribution in [0.1, 0.15) is 27.7 Å². The first kappa shape index (κ1) is 26.6. The highest BCUT2D eigenvalue weighted by Gasteiger charge is 1.89. The molecule has 0 aromatic carbocycles. The van der Waals surface area contributed by atoms with E-state index in [9.17, 15) is 0 Å². The molecule has 0 atom stereocenters. The van der Waals surface area contributed by atoms with E-state index in [1.165, 1.54) is 6.08 Å². The van der Waals surface area contributed by atoms with Crippen molar-refractivity contribution in [3.8, 4) is 0 Å². The van der Waals surface area contributed by atoms with E-state index in [4.69, 9.17) is 45.0 Å². The Morgan fingerprint density at radius 2 is 1.05 bits per heavy atom. The van der Waals surface area contributed by atoms with Crippen LogP contribution >= 0.6 is 0 Å². The van der Waals surface area contributed by atoms with Gasteiger partial charge in [-0.05, 0) is 18.6 Å². The van der Waals surface area contributed by atoms with Crippen molar-refractivity contribution in [3.05, 3.63) is 11.6 Å². The molecule has 0 amide bonds. The van der Waals surface area contributed by atoms with Gasteiger partial charge in [-0.3, -0.25) is 14.4 Å². The smallest absolute Gasteiger partial charge is 0.300 e. The number of hydrogen-bond acceptors (Lipinski definition) is 6. The number of aliphatic hydroxyl groups is 3. The number of aliphatic carboxylic acids is 3. The molecule has 0 saturated heterocycles. The number of aliphatic hydroxyl groups excluding tert-OH is 2. The van der Waals surface area contributed by atoms with Gasteiger partial charge in [-0.25, -0.2) is 0 Å². The second-order valence-electron chi connectivity index (χ2n) is 3.14. The average Bonchev–Trinajstić information content (AvgIpc) is 2.13. The van der Waals surface area contributed by atoms with Gasteiger partial charge >= 0.3 is 0 Å². The summed E-state index contributed by atoms with van der Waals surface area (Å²) in [5.41, 5.74) is 0.556. The van der Waals surface area contributed by atoms with Gasteiger partial charge in [-0.15, -0.1) is 0 Å². The van der Waals surface area contributed by atoms with E-state index in [2.05, 4.69) is 0 Å². The maximum Gasteiger partial charge on any atom is 0.300 e. The number of hydrogen-bond donors (Lipinski definition) is 6. The van der Waals surface area contributed by atoms with E-state index < -0.39 is 24.2 Å². The second kappa shape index (κ2) is 19.4. The fraction of sp³-hybridized carbons (Fsp3) is 0.545. The van der Waals surface area contributed by atoms with E-state index in [1.54, 1.807) is 6.92 Å². The van der Waals surface area contributed by atoms with Crippen LogP contribution in [0.3, 0.4) is 0 Å². The first-order valence-corrected chi connectivity index (χ1v) is 5.09. The Morgan fingerprint density at radius 3 is 1.10 bits per heavy atom. The third-order valence-electron chi connectivity index (χ3n) is 0.683. The van der Waals surface area contributed by atoms with Gasteiger partial charge in [0.1, 0.15) is 0 Å². The van der Waals surface area contributed by atoms with Gasteiger partial charge < -0.3 is 30.6 Å². The summed E-state index contributed by atoms with van der Waals surface area (Å²) in [5.74, 6) is -2.50. The Balaban J connectivity index is -0.0000000917. The van der Waals surface area contributed by atoms with Crippen molar-refractivity contribution in [3.63, 3.8) is 0 Å². The Hall–Kier alpha value is -1.97. The number of carbonyl (C=O) groups is 3. The first-order valence-electron chi connectivity index (χ1n) is 5.09. The van der Waals surface area contributed by atoms with Gasteiger partial charge in [0, 0.05) is 20.8 Å². The summed E-state index contributed by atoms with van der Waals surface area (Å²) in [4.78, 5) is 27.0. The summed E-state index contributed by atoms with van der Waals surface area (Å²) < 4.78 is 0. The van der Waals surface area contributed by atoms with Gasteiger partial charge in [0.25, 0.3) is 17.9 Å². The predicted molar refractivity (Wildman–Crippen MR) is 69.0 cm³/mol. The molecule has 9 heteroatoms. The third-order valence-corrected chi connectivity index (χ3v) is 0.683. The molecule has 0 saturated carbocycles. The molecule has 6 N–H and O–H groups in total. The molecule has 0 aromatic heterocycles. The van der Waals surface area contributed by atoms with Crippen LogP contribution in [0.15, 0.2) is 11.6 Å². The standard InChI is InChI=1S/C5H10O3.3C2H4O2/c1-4(3-6)2-5(7)8;3*1-2(3)4/h2,5-8H,3H2,1H3;3*1H3,(H,3,4). The average molecular weight is 298 g/mol. The summed E-state index contributed by atoms with van der Waals surface area (Å²) >= 11 is 0. The second-order valence-corrected chi connectivity index (χ2v) is 3.14. The highest BCUT2D eigenvalue weighted by Crippen LogP contribution is 1.90. The minimum Gasteiger partial charge on any atom is -0.481 e. The van der Waals surface area contributed by atoms with Gasteiger partial charge in [0.05, 0.1) is 6.61 Å².